The number of hydrogen-bond donors (Lipinski definition) is 0. The van der Waals surface area contributed by atoms with E-state index in [1.54, 1.807) is 0 Å². The van der Waals surface area contributed by atoms with E-state index in [-0.39, 0.29) is 10.9 Å². The summed E-state index contributed by atoms with van der Waals surface area (Å²) in [6.07, 6.45) is 4.82. The smallest absolute Gasteiger partial charge is 0.0102 e. The lowest BCUT2D eigenvalue weighted by Gasteiger charge is -2.38. The lowest BCUT2D eigenvalue weighted by Crippen LogP contribution is -2.35. The Balaban J connectivity index is 2.03. The highest BCUT2D eigenvalue weighted by molar-refractivity contribution is 8.09. The first-order valence-corrected chi connectivity index (χ1v) is 10.2. The summed E-state index contributed by atoms with van der Waals surface area (Å²) in [5.41, 5.74) is 4.36. The number of benzene rings is 1. The second kappa shape index (κ2) is 8.81. The van der Waals surface area contributed by atoms with Crippen LogP contribution in [0.3, 0.4) is 0 Å². The van der Waals surface area contributed by atoms with Gasteiger partial charge in [-0.2, -0.15) is 0 Å². The quantitative estimate of drug-likeness (QED) is 0.678. The summed E-state index contributed by atoms with van der Waals surface area (Å²) in [6.45, 7) is 13.4. The molecule has 0 aliphatic carbocycles. The molecule has 3 heteroatoms. The van der Waals surface area contributed by atoms with Crippen LogP contribution in [0.2, 0.25) is 0 Å². The van der Waals surface area contributed by atoms with Crippen molar-refractivity contribution in [2.24, 2.45) is 5.92 Å². The predicted molar refractivity (Wildman–Crippen MR) is 107 cm³/mol. The predicted octanol–water partition coefficient (Wildman–Crippen LogP) is 4.98. The fraction of sp³-hybridized carbons (Fsp3) is 0.550. The molecule has 1 heterocycles. The molecule has 1 atom stereocenters. The van der Waals surface area contributed by atoms with Crippen molar-refractivity contribution in [3.8, 4) is 0 Å². The molecular formula is C20H32N2S. The number of piperidine rings is 1. The molecule has 0 spiro atoms. The van der Waals surface area contributed by atoms with Crippen LogP contribution in [0.25, 0.3) is 5.57 Å². The van der Waals surface area contributed by atoms with Gasteiger partial charge in [0.05, 0.1) is 0 Å². The molecule has 0 aromatic heterocycles. The second-order valence-electron chi connectivity index (χ2n) is 6.22. The number of allylic oxidation sites excluding steroid dienone is 2. The van der Waals surface area contributed by atoms with Gasteiger partial charge in [-0.3, -0.25) is 0 Å². The van der Waals surface area contributed by atoms with Crippen molar-refractivity contribution in [1.82, 2.24) is 8.61 Å². The van der Waals surface area contributed by atoms with Gasteiger partial charge in [-0.25, -0.2) is 8.61 Å². The number of hydrogen-bond acceptors (Lipinski definition) is 2. The van der Waals surface area contributed by atoms with E-state index < -0.39 is 0 Å². The Kier molecular flexibility index (Phi) is 7.07. The van der Waals surface area contributed by atoms with Gasteiger partial charge in [0, 0.05) is 26.2 Å². The van der Waals surface area contributed by atoms with Crippen LogP contribution < -0.4 is 0 Å². The van der Waals surface area contributed by atoms with E-state index in [1.165, 1.54) is 29.5 Å². The summed E-state index contributed by atoms with van der Waals surface area (Å²) in [6, 6.07) is 8.79. The van der Waals surface area contributed by atoms with Crippen molar-refractivity contribution in [3.63, 3.8) is 0 Å². The minimum atomic E-state index is 0.0239. The highest BCUT2D eigenvalue weighted by Crippen LogP contribution is 2.36. The first-order chi connectivity index (χ1) is 11.1. The molecule has 0 radical (unpaired) electrons. The Hall–Kier alpha value is -0.900. The van der Waals surface area contributed by atoms with Crippen LogP contribution in [0.1, 0.15) is 44.7 Å². The Morgan fingerprint density at radius 3 is 2.39 bits per heavy atom. The summed E-state index contributed by atoms with van der Waals surface area (Å²) in [4.78, 5) is 0. The normalized spacial score (nSPS) is 19.3. The van der Waals surface area contributed by atoms with Gasteiger partial charge in [0.15, 0.2) is 0 Å². The van der Waals surface area contributed by atoms with Gasteiger partial charge in [-0.1, -0.05) is 55.0 Å². The zero-order valence-corrected chi connectivity index (χ0v) is 16.0. The van der Waals surface area contributed by atoms with Crippen molar-refractivity contribution >= 4 is 22.3 Å². The summed E-state index contributed by atoms with van der Waals surface area (Å²) >= 11 is 0. The maximum Gasteiger partial charge on any atom is 0.0102 e. The van der Waals surface area contributed by atoms with Crippen LogP contribution in [-0.2, 0) is 0 Å². The summed E-state index contributed by atoms with van der Waals surface area (Å²) in [5.74, 6) is 5.12. The topological polar surface area (TPSA) is 6.48 Å². The maximum atomic E-state index is 4.43. The van der Waals surface area contributed by atoms with Gasteiger partial charge >= 0.3 is 0 Å². The molecule has 23 heavy (non-hydrogen) atoms. The molecule has 0 saturated carbocycles. The molecule has 2 rings (SSSR count). The fourth-order valence-electron chi connectivity index (χ4n) is 3.57. The van der Waals surface area contributed by atoms with E-state index in [1.807, 2.05) is 0 Å². The zero-order chi connectivity index (χ0) is 16.8. The monoisotopic (exact) mass is 332 g/mol. The molecule has 0 amide bonds. The van der Waals surface area contributed by atoms with Crippen LogP contribution in [0, 0.1) is 12.8 Å². The highest BCUT2D eigenvalue weighted by atomic mass is 32.2. The first kappa shape index (κ1) is 18.4. The second-order valence-corrected chi connectivity index (χ2v) is 7.93. The standard InChI is InChI=1S/C20H32N2S/c1-6-19(20-12-10-9-11-17(20)4)18-13-15-22(16-14-18)23(5)21(7-2)8-3/h6,9-12,18H,5,7-8,13-16H2,1-4H3/b19-6-. The molecule has 1 aromatic carbocycles. The van der Waals surface area contributed by atoms with E-state index in [0.29, 0.717) is 5.92 Å². The number of nitrogens with zero attached hydrogens (tertiary/aromatic N) is 2. The third-order valence-electron chi connectivity index (χ3n) is 4.96. The molecule has 1 aliphatic heterocycles. The van der Waals surface area contributed by atoms with E-state index >= 15 is 0 Å². The van der Waals surface area contributed by atoms with E-state index in [0.717, 1.165) is 26.2 Å². The molecule has 0 bridgehead atoms. The van der Waals surface area contributed by atoms with Crippen molar-refractivity contribution in [2.75, 3.05) is 26.2 Å². The van der Waals surface area contributed by atoms with Gasteiger partial charge < -0.3 is 0 Å². The maximum absolute atomic E-state index is 4.43. The molecule has 0 N–H and O–H groups in total. The molecule has 1 aliphatic rings. The number of rotatable bonds is 6. The lowest BCUT2D eigenvalue weighted by molar-refractivity contribution is 0.322. The van der Waals surface area contributed by atoms with Crippen LogP contribution >= 0.6 is 10.9 Å². The fourth-order valence-corrected chi connectivity index (χ4v) is 5.13. The molecule has 2 nitrogen and oxygen atoms in total. The Bertz CT molecular complexity index is 553. The Labute approximate surface area is 145 Å². The average Bonchev–Trinajstić information content (AvgIpc) is 2.59. The third kappa shape index (κ3) is 4.34. The summed E-state index contributed by atoms with van der Waals surface area (Å²) in [5, 5.41) is 0. The summed E-state index contributed by atoms with van der Waals surface area (Å²) in [7, 11) is 0.0239. The largest absolute Gasteiger partial charge is 0.245 e. The van der Waals surface area contributed by atoms with E-state index in [4.69, 9.17) is 0 Å². The summed E-state index contributed by atoms with van der Waals surface area (Å²) < 4.78 is 5.05. The lowest BCUT2D eigenvalue weighted by atomic mass is 9.84. The van der Waals surface area contributed by atoms with Crippen molar-refractivity contribution in [1.29, 1.82) is 0 Å². The molecule has 1 unspecified atom stereocenters. The molecule has 1 fully saturated rings. The van der Waals surface area contributed by atoms with Crippen molar-refractivity contribution in [3.05, 3.63) is 41.5 Å². The van der Waals surface area contributed by atoms with E-state index in [2.05, 4.69) is 72.5 Å². The minimum absolute atomic E-state index is 0.0239. The molecule has 128 valence electrons. The zero-order valence-electron chi connectivity index (χ0n) is 15.2. The van der Waals surface area contributed by atoms with Crippen LogP contribution in [0.4, 0.5) is 0 Å². The third-order valence-corrected chi connectivity index (χ3v) is 7.04. The minimum Gasteiger partial charge on any atom is -0.245 e. The highest BCUT2D eigenvalue weighted by Gasteiger charge is 2.25. The van der Waals surface area contributed by atoms with Gasteiger partial charge in [0.2, 0.25) is 0 Å². The number of aryl methyl sites for hydroxylation is 1. The van der Waals surface area contributed by atoms with Gasteiger partial charge in [-0.15, -0.1) is 0 Å². The van der Waals surface area contributed by atoms with Crippen LogP contribution in [0.5, 0.6) is 0 Å². The molecule has 1 aromatic rings. The van der Waals surface area contributed by atoms with Crippen molar-refractivity contribution in [2.45, 2.75) is 40.5 Å². The Morgan fingerprint density at radius 2 is 1.87 bits per heavy atom. The van der Waals surface area contributed by atoms with Crippen LogP contribution in [0.15, 0.2) is 30.3 Å². The van der Waals surface area contributed by atoms with Gasteiger partial charge in [-0.05, 0) is 55.2 Å². The Morgan fingerprint density at radius 1 is 1.26 bits per heavy atom. The molecule has 1 saturated heterocycles. The average molecular weight is 333 g/mol. The van der Waals surface area contributed by atoms with Gasteiger partial charge in [0.1, 0.15) is 0 Å². The van der Waals surface area contributed by atoms with Crippen LogP contribution in [-0.4, -0.2) is 40.7 Å². The van der Waals surface area contributed by atoms with E-state index in [9.17, 15) is 0 Å². The van der Waals surface area contributed by atoms with Gasteiger partial charge in [0.25, 0.3) is 0 Å². The SMILES string of the molecule is C=S(N(CC)CC)N1CCC(/C(=C/C)c2ccccc2C)CC1. The molecular weight excluding hydrogens is 300 g/mol. The van der Waals surface area contributed by atoms with Crippen molar-refractivity contribution < 1.29 is 0 Å². The first-order valence-electron chi connectivity index (χ1n) is 8.88.